The van der Waals surface area contributed by atoms with E-state index >= 15 is 0 Å². The molecule has 1 aromatic rings. The van der Waals surface area contributed by atoms with Crippen molar-refractivity contribution in [2.75, 3.05) is 0 Å². The molecule has 0 fully saturated rings. The second-order valence-electron chi connectivity index (χ2n) is 2.10. The molecule has 0 saturated heterocycles. The maximum atomic E-state index is 2.69. The van der Waals surface area contributed by atoms with Crippen LogP contribution in [0.25, 0.3) is 0 Å². The highest BCUT2D eigenvalue weighted by molar-refractivity contribution is 6.32. The number of hydrogen-bond donors (Lipinski definition) is 0. The van der Waals surface area contributed by atoms with Gasteiger partial charge in [-0.3, -0.25) is 0 Å². The van der Waals surface area contributed by atoms with Crippen LogP contribution in [0.5, 0.6) is 0 Å². The average Bonchev–Trinajstić information content (AvgIpc) is 2.08. The Morgan fingerprint density at radius 1 is 1.27 bits per heavy atom. The lowest BCUT2D eigenvalue weighted by Gasteiger charge is -1.96. The number of aryl methyl sites for hydroxylation is 1. The van der Waals surface area contributed by atoms with E-state index in [4.69, 9.17) is 0 Å². The smallest absolute Gasteiger partial charge is 0.139 e. The van der Waals surface area contributed by atoms with Crippen molar-refractivity contribution in [3.63, 3.8) is 0 Å². The molecule has 0 atom stereocenters. The van der Waals surface area contributed by atoms with Gasteiger partial charge < -0.3 is 0 Å². The van der Waals surface area contributed by atoms with Gasteiger partial charge in [0, 0.05) is 0 Å². The summed E-state index contributed by atoms with van der Waals surface area (Å²) in [5.41, 5.74) is 1.41. The van der Waals surface area contributed by atoms with E-state index in [1.807, 2.05) is 13.8 Å². The average molecular weight is 162 g/mol. The van der Waals surface area contributed by atoms with Gasteiger partial charge in [0.15, 0.2) is 16.3 Å². The zero-order chi connectivity index (χ0) is 8.69. The Balaban J connectivity index is 0.000000461. The highest BCUT2D eigenvalue weighted by Crippen LogP contribution is 1.94. The maximum absolute atomic E-state index is 2.69. The van der Waals surface area contributed by atoms with Crippen LogP contribution >= 0.6 is 0 Å². The Kier molecular flexibility index (Phi) is 6.32. The Morgan fingerprint density at radius 3 is 2.27 bits per heavy atom. The lowest BCUT2D eigenvalue weighted by atomic mass is 10.2. The van der Waals surface area contributed by atoms with Crippen molar-refractivity contribution in [3.8, 4) is 0 Å². The SMILES string of the molecule is CC.CCc1ccc[c]([Al])c1. The van der Waals surface area contributed by atoms with E-state index in [2.05, 4.69) is 47.5 Å². The predicted octanol–water partition coefficient (Wildman–Crippen LogP) is 2.07. The molecule has 0 aliphatic heterocycles. The van der Waals surface area contributed by atoms with Gasteiger partial charge in [0.1, 0.15) is 0 Å². The van der Waals surface area contributed by atoms with Gasteiger partial charge in [0.25, 0.3) is 0 Å². The van der Waals surface area contributed by atoms with E-state index in [-0.39, 0.29) is 0 Å². The monoisotopic (exact) mass is 162 g/mol. The Bertz CT molecular complexity index is 194. The van der Waals surface area contributed by atoms with Gasteiger partial charge in [-0.1, -0.05) is 45.0 Å². The van der Waals surface area contributed by atoms with Crippen LogP contribution in [0.4, 0.5) is 0 Å². The van der Waals surface area contributed by atoms with Crippen LogP contribution in [0.1, 0.15) is 26.3 Å². The second-order valence-corrected chi connectivity index (χ2v) is 2.77. The van der Waals surface area contributed by atoms with E-state index < -0.39 is 0 Å². The molecule has 0 spiro atoms. The molecular weight excluding hydrogens is 147 g/mol. The Morgan fingerprint density at radius 2 is 1.91 bits per heavy atom. The van der Waals surface area contributed by atoms with Crippen molar-refractivity contribution in [3.05, 3.63) is 29.8 Å². The van der Waals surface area contributed by atoms with Crippen LogP contribution < -0.4 is 4.43 Å². The van der Waals surface area contributed by atoms with Crippen molar-refractivity contribution in [1.29, 1.82) is 0 Å². The van der Waals surface area contributed by atoms with Gasteiger partial charge in [-0.15, -0.1) is 4.43 Å². The molecule has 11 heavy (non-hydrogen) atoms. The summed E-state index contributed by atoms with van der Waals surface area (Å²) < 4.78 is 1.27. The first-order valence-electron chi connectivity index (χ1n) is 4.17. The molecule has 0 unspecified atom stereocenters. The summed E-state index contributed by atoms with van der Waals surface area (Å²) in [5.74, 6) is 0. The topological polar surface area (TPSA) is 0 Å². The first kappa shape index (κ1) is 10.8. The van der Waals surface area contributed by atoms with Gasteiger partial charge in [0.05, 0.1) is 0 Å². The van der Waals surface area contributed by atoms with Gasteiger partial charge in [-0.25, -0.2) is 0 Å². The fourth-order valence-corrected chi connectivity index (χ4v) is 1.14. The minimum atomic E-state index is 1.13. The zero-order valence-electron chi connectivity index (χ0n) is 7.59. The third-order valence-electron chi connectivity index (χ3n) is 1.36. The molecule has 0 saturated carbocycles. The molecule has 1 heteroatoms. The summed E-state index contributed by atoms with van der Waals surface area (Å²) >= 11 is 2.69. The van der Waals surface area contributed by atoms with E-state index in [0.29, 0.717) is 0 Å². The zero-order valence-corrected chi connectivity index (χ0v) is 8.75. The van der Waals surface area contributed by atoms with Crippen LogP contribution in [0.15, 0.2) is 24.3 Å². The molecular formula is C10H15Al. The standard InChI is InChI=1S/C8H9.C2H6.Al/c1-2-8-6-4-3-5-7-8;1-2;/h3-4,6-7H,2H2,1H3;1-2H3;. The Labute approximate surface area is 78.1 Å². The minimum Gasteiger partial charge on any atom is -0.139 e. The van der Waals surface area contributed by atoms with Crippen molar-refractivity contribution in [1.82, 2.24) is 0 Å². The minimum absolute atomic E-state index is 1.13. The molecule has 0 heterocycles. The summed E-state index contributed by atoms with van der Waals surface area (Å²) in [4.78, 5) is 0. The summed E-state index contributed by atoms with van der Waals surface area (Å²) in [5, 5.41) is 0. The molecule has 0 nitrogen and oxygen atoms in total. The highest BCUT2D eigenvalue weighted by Gasteiger charge is 1.85. The summed E-state index contributed by atoms with van der Waals surface area (Å²) in [7, 11) is 0. The lowest BCUT2D eigenvalue weighted by molar-refractivity contribution is 1.14. The van der Waals surface area contributed by atoms with E-state index in [0.717, 1.165) is 6.42 Å². The third kappa shape index (κ3) is 4.24. The first-order valence-corrected chi connectivity index (χ1v) is 4.75. The molecule has 1 rings (SSSR count). The van der Waals surface area contributed by atoms with Crippen molar-refractivity contribution in [2.45, 2.75) is 27.2 Å². The first-order chi connectivity index (χ1) is 5.33. The molecule has 58 valence electrons. The lowest BCUT2D eigenvalue weighted by Crippen LogP contribution is -2.01. The number of hydrogen-bond acceptors (Lipinski definition) is 0. The molecule has 1 aromatic carbocycles. The highest BCUT2D eigenvalue weighted by atomic mass is 27.0. The van der Waals surface area contributed by atoms with Gasteiger partial charge >= 0.3 is 0 Å². The number of rotatable bonds is 1. The van der Waals surface area contributed by atoms with Crippen LogP contribution in [0.3, 0.4) is 0 Å². The maximum Gasteiger partial charge on any atom is 0.175 e. The van der Waals surface area contributed by atoms with Crippen molar-refractivity contribution >= 4 is 20.7 Å². The van der Waals surface area contributed by atoms with Gasteiger partial charge in [0.2, 0.25) is 0 Å². The summed E-state index contributed by atoms with van der Waals surface area (Å²) in [6.45, 7) is 6.17. The quantitative estimate of drug-likeness (QED) is 0.554. The molecule has 2 radical (unpaired) electrons. The molecule has 0 aliphatic carbocycles. The molecule has 0 aliphatic rings. The molecule has 0 aromatic heterocycles. The van der Waals surface area contributed by atoms with Crippen LogP contribution in [0, 0.1) is 0 Å². The van der Waals surface area contributed by atoms with Gasteiger partial charge in [-0.05, 0) is 12.0 Å². The molecule has 0 bridgehead atoms. The second kappa shape index (κ2) is 6.46. The fourth-order valence-electron chi connectivity index (χ4n) is 0.813. The van der Waals surface area contributed by atoms with Crippen LogP contribution in [0.2, 0.25) is 0 Å². The van der Waals surface area contributed by atoms with Crippen molar-refractivity contribution in [2.24, 2.45) is 0 Å². The predicted molar refractivity (Wildman–Crippen MR) is 52.6 cm³/mol. The van der Waals surface area contributed by atoms with Crippen molar-refractivity contribution < 1.29 is 0 Å². The van der Waals surface area contributed by atoms with E-state index in [1.165, 1.54) is 9.99 Å². The Hall–Kier alpha value is -0.248. The van der Waals surface area contributed by atoms with Crippen LogP contribution in [-0.2, 0) is 6.42 Å². The van der Waals surface area contributed by atoms with Crippen LogP contribution in [-0.4, -0.2) is 16.3 Å². The van der Waals surface area contributed by atoms with Gasteiger partial charge in [-0.2, -0.15) is 0 Å². The summed E-state index contributed by atoms with van der Waals surface area (Å²) in [6.07, 6.45) is 1.13. The number of benzene rings is 1. The molecule has 0 N–H and O–H groups in total. The fraction of sp³-hybridized carbons (Fsp3) is 0.400. The normalized spacial score (nSPS) is 8.27. The summed E-state index contributed by atoms with van der Waals surface area (Å²) in [6, 6.07) is 8.50. The van der Waals surface area contributed by atoms with E-state index in [9.17, 15) is 0 Å². The third-order valence-corrected chi connectivity index (χ3v) is 1.72. The van der Waals surface area contributed by atoms with E-state index in [1.54, 1.807) is 0 Å². The largest absolute Gasteiger partial charge is 0.175 e. The molecule has 0 amide bonds.